The second kappa shape index (κ2) is 8.56. The van der Waals surface area contributed by atoms with Crippen molar-refractivity contribution in [3.05, 3.63) is 65.0 Å². The van der Waals surface area contributed by atoms with E-state index in [0.717, 1.165) is 24.5 Å². The molecule has 27 heavy (non-hydrogen) atoms. The van der Waals surface area contributed by atoms with E-state index in [1.165, 1.54) is 0 Å². The number of hydrogen-bond donors (Lipinski definition) is 1. The van der Waals surface area contributed by atoms with E-state index in [0.29, 0.717) is 23.8 Å². The summed E-state index contributed by atoms with van der Waals surface area (Å²) < 4.78 is 0. The maximum absolute atomic E-state index is 12.4. The lowest BCUT2D eigenvalue weighted by molar-refractivity contribution is -0.112. The van der Waals surface area contributed by atoms with Gasteiger partial charge in [-0.2, -0.15) is 5.26 Å². The number of nitrogens with zero attached hydrogens (tertiary/aromatic N) is 4. The molecule has 1 aromatic carbocycles. The molecule has 1 N–H and O–H groups in total. The highest BCUT2D eigenvalue weighted by Gasteiger charge is 2.18. The third-order valence-electron chi connectivity index (χ3n) is 4.39. The highest BCUT2D eigenvalue weighted by atomic mass is 35.5. The third-order valence-corrected chi connectivity index (χ3v) is 4.80. The van der Waals surface area contributed by atoms with Crippen molar-refractivity contribution in [3.63, 3.8) is 0 Å². The van der Waals surface area contributed by atoms with Crippen LogP contribution in [0, 0.1) is 18.3 Å². The molecule has 0 atom stereocenters. The smallest absolute Gasteiger partial charge is 0.267 e. The number of amides is 1. The number of pyridine rings is 1. The molecule has 1 aliphatic rings. The summed E-state index contributed by atoms with van der Waals surface area (Å²) in [5.74, 6) is 0.500. The van der Waals surface area contributed by atoms with Crippen molar-refractivity contribution in [2.75, 3.05) is 36.4 Å². The molecule has 1 aliphatic heterocycles. The van der Waals surface area contributed by atoms with Crippen LogP contribution in [0.2, 0.25) is 5.02 Å². The Morgan fingerprint density at radius 2 is 2.04 bits per heavy atom. The second-order valence-corrected chi connectivity index (χ2v) is 6.69. The van der Waals surface area contributed by atoms with Gasteiger partial charge < -0.3 is 15.1 Å². The van der Waals surface area contributed by atoms with E-state index in [1.807, 2.05) is 42.2 Å². The molecule has 0 radical (unpaired) electrons. The number of piperazine rings is 1. The van der Waals surface area contributed by atoms with Gasteiger partial charge in [0.05, 0.1) is 0 Å². The van der Waals surface area contributed by atoms with Gasteiger partial charge in [0.2, 0.25) is 0 Å². The number of aromatic nitrogens is 1. The van der Waals surface area contributed by atoms with Gasteiger partial charge >= 0.3 is 0 Å². The minimum Gasteiger partial charge on any atom is -0.373 e. The number of nitrogens with one attached hydrogen (secondary N) is 1. The first kappa shape index (κ1) is 18.7. The molecule has 2 aromatic rings. The zero-order valence-electron chi connectivity index (χ0n) is 15.0. The molecule has 7 heteroatoms. The Morgan fingerprint density at radius 3 is 2.67 bits per heavy atom. The fourth-order valence-corrected chi connectivity index (χ4v) is 2.99. The quantitative estimate of drug-likeness (QED) is 0.650. The fourth-order valence-electron chi connectivity index (χ4n) is 2.81. The molecule has 1 amide bonds. The van der Waals surface area contributed by atoms with Crippen LogP contribution < -0.4 is 10.2 Å². The molecule has 1 aromatic heterocycles. The molecule has 138 valence electrons. The van der Waals surface area contributed by atoms with Crippen molar-refractivity contribution in [1.82, 2.24) is 9.88 Å². The van der Waals surface area contributed by atoms with Crippen molar-refractivity contribution >= 4 is 29.0 Å². The lowest BCUT2D eigenvalue weighted by Crippen LogP contribution is -2.44. The van der Waals surface area contributed by atoms with Gasteiger partial charge in [-0.15, -0.1) is 0 Å². The molecule has 2 heterocycles. The Morgan fingerprint density at radius 1 is 1.26 bits per heavy atom. The van der Waals surface area contributed by atoms with E-state index in [2.05, 4.69) is 15.2 Å². The third kappa shape index (κ3) is 4.78. The summed E-state index contributed by atoms with van der Waals surface area (Å²) in [6, 6.07) is 13.1. The number of benzene rings is 1. The Balaban J connectivity index is 1.62. The summed E-state index contributed by atoms with van der Waals surface area (Å²) in [5.41, 5.74) is 1.56. The van der Waals surface area contributed by atoms with E-state index in [-0.39, 0.29) is 5.57 Å². The SMILES string of the molecule is Cc1ccc(NC(=O)/C(C#N)=C\N2CCN(c3ccccn3)CC2)cc1Cl. The first-order valence-electron chi connectivity index (χ1n) is 8.66. The Bertz CT molecular complexity index is 883. The molecule has 6 nitrogen and oxygen atoms in total. The number of carbonyl (C=O) groups is 1. The molecular formula is C20H20ClN5O. The van der Waals surface area contributed by atoms with Crippen molar-refractivity contribution < 1.29 is 4.79 Å². The largest absolute Gasteiger partial charge is 0.373 e. The van der Waals surface area contributed by atoms with Crippen molar-refractivity contribution in [3.8, 4) is 6.07 Å². The van der Waals surface area contributed by atoms with Crippen LogP contribution in [0.5, 0.6) is 0 Å². The van der Waals surface area contributed by atoms with Crippen LogP contribution in [0.3, 0.4) is 0 Å². The van der Waals surface area contributed by atoms with Gasteiger partial charge in [0.15, 0.2) is 0 Å². The number of halogens is 1. The van der Waals surface area contributed by atoms with Crippen LogP contribution in [0.15, 0.2) is 54.4 Å². The van der Waals surface area contributed by atoms with E-state index >= 15 is 0 Å². The predicted molar refractivity (Wildman–Crippen MR) is 107 cm³/mol. The number of rotatable bonds is 4. The lowest BCUT2D eigenvalue weighted by atomic mass is 10.2. The summed E-state index contributed by atoms with van der Waals surface area (Å²) in [6.45, 7) is 4.87. The molecule has 0 unspecified atom stereocenters. The molecule has 0 aliphatic carbocycles. The van der Waals surface area contributed by atoms with Crippen LogP contribution in [0.1, 0.15) is 5.56 Å². The monoisotopic (exact) mass is 381 g/mol. The number of aryl methyl sites for hydroxylation is 1. The summed E-state index contributed by atoms with van der Waals surface area (Å²) in [7, 11) is 0. The summed E-state index contributed by atoms with van der Waals surface area (Å²) >= 11 is 6.08. The van der Waals surface area contributed by atoms with Crippen LogP contribution in [-0.2, 0) is 4.79 Å². The van der Waals surface area contributed by atoms with E-state index in [1.54, 1.807) is 24.5 Å². The zero-order chi connectivity index (χ0) is 19.2. The Kier molecular flexibility index (Phi) is 5.94. The topological polar surface area (TPSA) is 72.3 Å². The van der Waals surface area contributed by atoms with Crippen LogP contribution in [-0.4, -0.2) is 42.0 Å². The van der Waals surface area contributed by atoms with Gasteiger partial charge in [-0.25, -0.2) is 4.98 Å². The lowest BCUT2D eigenvalue weighted by Gasteiger charge is -2.34. The summed E-state index contributed by atoms with van der Waals surface area (Å²) in [4.78, 5) is 20.9. The van der Waals surface area contributed by atoms with Gasteiger partial charge in [0, 0.05) is 49.3 Å². The zero-order valence-corrected chi connectivity index (χ0v) is 15.8. The van der Waals surface area contributed by atoms with Crippen LogP contribution >= 0.6 is 11.6 Å². The van der Waals surface area contributed by atoms with E-state index in [4.69, 9.17) is 11.6 Å². The first-order chi connectivity index (χ1) is 13.1. The van der Waals surface area contributed by atoms with Gasteiger partial charge in [-0.3, -0.25) is 4.79 Å². The number of carbonyl (C=O) groups excluding carboxylic acids is 1. The Labute approximate surface area is 163 Å². The van der Waals surface area contributed by atoms with Crippen molar-refractivity contribution in [2.45, 2.75) is 6.92 Å². The van der Waals surface area contributed by atoms with Gasteiger partial charge in [-0.1, -0.05) is 23.7 Å². The van der Waals surface area contributed by atoms with Gasteiger partial charge in [-0.05, 0) is 36.8 Å². The second-order valence-electron chi connectivity index (χ2n) is 6.28. The Hall–Kier alpha value is -3.04. The molecule has 0 spiro atoms. The van der Waals surface area contributed by atoms with E-state index < -0.39 is 5.91 Å². The van der Waals surface area contributed by atoms with Gasteiger partial charge in [0.25, 0.3) is 5.91 Å². The standard InChI is InChI=1S/C20H20ClN5O/c1-15-5-6-17(12-18(15)21)24-20(27)16(13-22)14-25-8-10-26(11-9-25)19-4-2-3-7-23-19/h2-7,12,14H,8-11H2,1H3,(H,24,27)/b16-14-. The van der Waals surface area contributed by atoms with Crippen molar-refractivity contribution in [2.24, 2.45) is 0 Å². The minimum atomic E-state index is -0.440. The molecule has 3 rings (SSSR count). The molecule has 1 fully saturated rings. The average molecular weight is 382 g/mol. The normalized spacial score (nSPS) is 14.6. The maximum atomic E-state index is 12.4. The average Bonchev–Trinajstić information content (AvgIpc) is 2.70. The summed E-state index contributed by atoms with van der Waals surface area (Å²) in [6.07, 6.45) is 3.40. The number of nitriles is 1. The highest BCUT2D eigenvalue weighted by Crippen LogP contribution is 2.20. The predicted octanol–water partition coefficient (Wildman–Crippen LogP) is 3.21. The van der Waals surface area contributed by atoms with Gasteiger partial charge in [0.1, 0.15) is 17.5 Å². The molecule has 1 saturated heterocycles. The molecule has 0 bridgehead atoms. The number of hydrogen-bond acceptors (Lipinski definition) is 5. The molecule has 0 saturated carbocycles. The van der Waals surface area contributed by atoms with Crippen molar-refractivity contribution in [1.29, 1.82) is 5.26 Å². The summed E-state index contributed by atoms with van der Waals surface area (Å²) in [5, 5.41) is 12.7. The minimum absolute atomic E-state index is 0.0676. The first-order valence-corrected chi connectivity index (χ1v) is 9.04. The highest BCUT2D eigenvalue weighted by molar-refractivity contribution is 6.31. The molecular weight excluding hydrogens is 362 g/mol. The van der Waals surface area contributed by atoms with E-state index in [9.17, 15) is 10.1 Å². The maximum Gasteiger partial charge on any atom is 0.267 e. The number of anilines is 2. The van der Waals surface area contributed by atoms with Crippen LogP contribution in [0.4, 0.5) is 11.5 Å². The van der Waals surface area contributed by atoms with Crippen LogP contribution in [0.25, 0.3) is 0 Å². The fraction of sp³-hybridized carbons (Fsp3) is 0.250.